The molecular weight excluding hydrogens is 269 g/mol. The predicted octanol–water partition coefficient (Wildman–Crippen LogP) is 3.76. The van der Waals surface area contributed by atoms with Gasteiger partial charge >= 0.3 is 5.97 Å². The van der Waals surface area contributed by atoms with E-state index >= 15 is 0 Å². The molecule has 21 heavy (non-hydrogen) atoms. The molecule has 1 aromatic rings. The Morgan fingerprint density at radius 2 is 1.71 bits per heavy atom. The summed E-state index contributed by atoms with van der Waals surface area (Å²) in [5.74, 6) is 1.65. The molecule has 0 heterocycles. The Labute approximate surface area is 123 Å². The van der Waals surface area contributed by atoms with Crippen LogP contribution in [0.2, 0.25) is 0 Å². The van der Waals surface area contributed by atoms with Gasteiger partial charge in [-0.3, -0.25) is 0 Å². The van der Waals surface area contributed by atoms with Gasteiger partial charge in [-0.05, 0) is 74.0 Å². The van der Waals surface area contributed by atoms with Gasteiger partial charge in [0.15, 0.2) is 0 Å². The van der Waals surface area contributed by atoms with Gasteiger partial charge in [0.2, 0.25) is 0 Å². The van der Waals surface area contributed by atoms with Crippen LogP contribution in [0.4, 0.5) is 10.1 Å². The lowest BCUT2D eigenvalue weighted by Crippen LogP contribution is -2.51. The molecule has 0 atom stereocenters. The molecule has 112 valence electrons. The van der Waals surface area contributed by atoms with Gasteiger partial charge in [-0.2, -0.15) is 0 Å². The zero-order valence-electron chi connectivity index (χ0n) is 11.9. The summed E-state index contributed by atoms with van der Waals surface area (Å²) in [5, 5.41) is 12.4. The van der Waals surface area contributed by atoms with Crippen molar-refractivity contribution in [3.63, 3.8) is 0 Å². The number of benzene rings is 1. The minimum atomic E-state index is -1.01. The Morgan fingerprint density at radius 1 is 1.10 bits per heavy atom. The zero-order chi connectivity index (χ0) is 14.6. The van der Waals surface area contributed by atoms with E-state index in [4.69, 9.17) is 5.11 Å². The van der Waals surface area contributed by atoms with Crippen molar-refractivity contribution in [2.75, 3.05) is 5.32 Å². The molecule has 1 aromatic carbocycles. The minimum absolute atomic E-state index is 0.141. The van der Waals surface area contributed by atoms with E-state index in [1.54, 1.807) is 0 Å². The van der Waals surface area contributed by atoms with Gasteiger partial charge in [-0.1, -0.05) is 0 Å². The van der Waals surface area contributed by atoms with Crippen molar-refractivity contribution < 1.29 is 14.3 Å². The van der Waals surface area contributed by atoms with E-state index in [1.165, 1.54) is 50.3 Å². The lowest BCUT2D eigenvalue weighted by Gasteiger charge is -2.54. The molecule has 4 bridgehead atoms. The van der Waals surface area contributed by atoms with E-state index in [1.807, 2.05) is 0 Å². The summed E-state index contributed by atoms with van der Waals surface area (Å²) in [6, 6.07) is 4.32. The number of aromatic carboxylic acids is 1. The highest BCUT2D eigenvalue weighted by Crippen LogP contribution is 2.54. The second-order valence-corrected chi connectivity index (χ2v) is 7.10. The molecule has 4 heteroatoms. The highest BCUT2D eigenvalue weighted by Gasteiger charge is 2.48. The normalized spacial score (nSPS) is 36.7. The van der Waals surface area contributed by atoms with Gasteiger partial charge in [0.25, 0.3) is 0 Å². The number of anilines is 1. The van der Waals surface area contributed by atoms with Crippen LogP contribution in [0, 0.1) is 29.5 Å². The Bertz CT molecular complexity index is 558. The number of carboxylic acids is 1. The van der Waals surface area contributed by atoms with E-state index in [0.717, 1.165) is 11.8 Å². The fraction of sp³-hybridized carbons (Fsp3) is 0.588. The minimum Gasteiger partial charge on any atom is -0.478 e. The van der Waals surface area contributed by atoms with E-state index in [0.29, 0.717) is 23.6 Å². The Balaban J connectivity index is 1.59. The molecule has 0 radical (unpaired) electrons. The molecule has 0 unspecified atom stereocenters. The van der Waals surface area contributed by atoms with Crippen molar-refractivity contribution in [2.45, 2.75) is 38.1 Å². The van der Waals surface area contributed by atoms with Crippen molar-refractivity contribution in [3.8, 4) is 0 Å². The molecule has 2 N–H and O–H groups in total. The summed E-state index contributed by atoms with van der Waals surface area (Å²) in [6.45, 7) is 0. The molecule has 4 aliphatic carbocycles. The first-order chi connectivity index (χ1) is 10.1. The summed E-state index contributed by atoms with van der Waals surface area (Å²) in [4.78, 5) is 11.1. The molecule has 5 rings (SSSR count). The van der Waals surface area contributed by atoms with Crippen LogP contribution in [0.5, 0.6) is 0 Å². The summed E-state index contributed by atoms with van der Waals surface area (Å²) < 4.78 is 14.0. The average molecular weight is 289 g/mol. The predicted molar refractivity (Wildman–Crippen MR) is 77.8 cm³/mol. The fourth-order valence-corrected chi connectivity index (χ4v) is 5.11. The van der Waals surface area contributed by atoms with Gasteiger partial charge in [-0.25, -0.2) is 9.18 Å². The van der Waals surface area contributed by atoms with Crippen LogP contribution in [0.3, 0.4) is 0 Å². The standard InChI is InChI=1S/C17H20FNO2/c18-14-2-1-11(17(20)21)8-15(14)19-16-12-4-9-3-10(6-12)7-13(16)5-9/h1-2,8-10,12-13,16,19H,3-7H2,(H,20,21). The maximum absolute atomic E-state index is 14.0. The van der Waals surface area contributed by atoms with Gasteiger partial charge in [0.05, 0.1) is 11.3 Å². The van der Waals surface area contributed by atoms with Crippen LogP contribution < -0.4 is 5.32 Å². The maximum atomic E-state index is 14.0. The van der Waals surface area contributed by atoms with Crippen LogP contribution in [0.1, 0.15) is 42.5 Å². The first-order valence-electron chi connectivity index (χ1n) is 7.89. The number of hydrogen-bond acceptors (Lipinski definition) is 2. The van der Waals surface area contributed by atoms with Gasteiger partial charge in [0, 0.05) is 6.04 Å². The summed E-state index contributed by atoms with van der Waals surface area (Å²) in [5.41, 5.74) is 0.495. The molecule has 4 saturated carbocycles. The van der Waals surface area contributed by atoms with Crippen LogP contribution >= 0.6 is 0 Å². The molecule has 0 aromatic heterocycles. The van der Waals surface area contributed by atoms with Crippen molar-refractivity contribution >= 4 is 11.7 Å². The van der Waals surface area contributed by atoms with Crippen molar-refractivity contribution in [1.82, 2.24) is 0 Å². The SMILES string of the molecule is O=C(O)c1ccc(F)c(NC2C3CC4CC(C3)CC2C4)c1. The second kappa shape index (κ2) is 4.72. The molecule has 4 aliphatic rings. The smallest absolute Gasteiger partial charge is 0.335 e. The number of carbonyl (C=O) groups is 1. The van der Waals surface area contributed by atoms with Gasteiger partial charge < -0.3 is 10.4 Å². The summed E-state index contributed by atoms with van der Waals surface area (Å²) in [7, 11) is 0. The van der Waals surface area contributed by atoms with Crippen molar-refractivity contribution in [1.29, 1.82) is 0 Å². The highest BCUT2D eigenvalue weighted by molar-refractivity contribution is 5.88. The number of halogens is 1. The highest BCUT2D eigenvalue weighted by atomic mass is 19.1. The Morgan fingerprint density at radius 3 is 2.29 bits per heavy atom. The molecule has 0 aliphatic heterocycles. The summed E-state index contributed by atoms with van der Waals surface area (Å²) in [6.07, 6.45) is 6.41. The van der Waals surface area contributed by atoms with Crippen LogP contribution in [0.15, 0.2) is 18.2 Å². The molecule has 4 fully saturated rings. The molecule has 3 nitrogen and oxygen atoms in total. The monoisotopic (exact) mass is 289 g/mol. The van der Waals surface area contributed by atoms with E-state index in [9.17, 15) is 9.18 Å². The number of carboxylic acid groups (broad SMARTS) is 1. The molecule has 0 amide bonds. The third kappa shape index (κ3) is 2.21. The Kier molecular flexibility index (Phi) is 2.95. The van der Waals surface area contributed by atoms with Crippen LogP contribution in [-0.2, 0) is 0 Å². The third-order valence-corrected chi connectivity index (χ3v) is 5.76. The van der Waals surface area contributed by atoms with Gasteiger partial charge in [0.1, 0.15) is 5.82 Å². The number of hydrogen-bond donors (Lipinski definition) is 2. The number of rotatable bonds is 3. The molecule has 0 spiro atoms. The van der Waals surface area contributed by atoms with Crippen molar-refractivity contribution in [2.24, 2.45) is 23.7 Å². The first kappa shape index (κ1) is 13.1. The van der Waals surface area contributed by atoms with Crippen LogP contribution in [-0.4, -0.2) is 17.1 Å². The first-order valence-corrected chi connectivity index (χ1v) is 7.89. The van der Waals surface area contributed by atoms with Gasteiger partial charge in [-0.15, -0.1) is 0 Å². The Hall–Kier alpha value is -1.58. The number of nitrogens with one attached hydrogen (secondary N) is 1. The van der Waals surface area contributed by atoms with E-state index in [2.05, 4.69) is 5.32 Å². The topological polar surface area (TPSA) is 49.3 Å². The molecular formula is C17H20FNO2. The second-order valence-electron chi connectivity index (χ2n) is 7.10. The fourth-order valence-electron chi connectivity index (χ4n) is 5.11. The lowest BCUT2D eigenvalue weighted by atomic mass is 9.54. The average Bonchev–Trinajstić information content (AvgIpc) is 2.43. The third-order valence-electron chi connectivity index (χ3n) is 5.76. The zero-order valence-corrected chi connectivity index (χ0v) is 11.9. The largest absolute Gasteiger partial charge is 0.478 e. The van der Waals surface area contributed by atoms with E-state index in [-0.39, 0.29) is 11.4 Å². The lowest BCUT2D eigenvalue weighted by molar-refractivity contribution is 0.00744. The quantitative estimate of drug-likeness (QED) is 0.890. The maximum Gasteiger partial charge on any atom is 0.335 e. The van der Waals surface area contributed by atoms with Crippen molar-refractivity contribution in [3.05, 3.63) is 29.6 Å². The van der Waals surface area contributed by atoms with Crippen LogP contribution in [0.25, 0.3) is 0 Å². The molecule has 0 saturated heterocycles. The summed E-state index contributed by atoms with van der Waals surface area (Å²) >= 11 is 0. The van der Waals surface area contributed by atoms with E-state index < -0.39 is 5.97 Å².